The van der Waals surface area contributed by atoms with Crippen LogP contribution in [0.5, 0.6) is 5.75 Å². The second kappa shape index (κ2) is 12.5. The Kier molecular flexibility index (Phi) is 9.41. The van der Waals surface area contributed by atoms with E-state index in [9.17, 15) is 14.4 Å². The molecule has 0 spiro atoms. The van der Waals surface area contributed by atoms with E-state index in [4.69, 9.17) is 9.47 Å². The Morgan fingerprint density at radius 1 is 1.17 bits per heavy atom. The molecule has 1 aliphatic rings. The summed E-state index contributed by atoms with van der Waals surface area (Å²) in [5.74, 6) is -0.127. The summed E-state index contributed by atoms with van der Waals surface area (Å²) in [4.78, 5) is 46.4. The van der Waals surface area contributed by atoms with Crippen LogP contribution in [-0.2, 0) is 9.53 Å². The quantitative estimate of drug-likeness (QED) is 0.680. The third-order valence-corrected chi connectivity index (χ3v) is 6.39. The van der Waals surface area contributed by atoms with Crippen LogP contribution in [0.4, 0.5) is 5.69 Å². The fourth-order valence-corrected chi connectivity index (χ4v) is 4.25. The summed E-state index contributed by atoms with van der Waals surface area (Å²) in [6, 6.07) is 8.15. The van der Waals surface area contributed by atoms with E-state index in [0.717, 1.165) is 6.42 Å². The number of hydrogen-bond acceptors (Lipinski definition) is 6. The molecule has 3 atom stereocenters. The van der Waals surface area contributed by atoms with Crippen molar-refractivity contribution in [2.24, 2.45) is 5.92 Å². The van der Waals surface area contributed by atoms with Gasteiger partial charge in [-0.25, -0.2) is 0 Å². The van der Waals surface area contributed by atoms with Crippen molar-refractivity contribution < 1.29 is 23.9 Å². The number of nitrogens with one attached hydrogen (secondary N) is 1. The number of carbonyl (C=O) groups excluding carboxylic acids is 3. The van der Waals surface area contributed by atoms with Crippen LogP contribution in [0.3, 0.4) is 0 Å². The lowest BCUT2D eigenvalue weighted by Crippen LogP contribution is -2.48. The van der Waals surface area contributed by atoms with Crippen molar-refractivity contribution >= 4 is 23.4 Å². The molecule has 0 unspecified atom stereocenters. The smallest absolute Gasteiger partial charge is 0.257 e. The molecule has 194 valence electrons. The van der Waals surface area contributed by atoms with Gasteiger partial charge in [-0.05, 0) is 43.7 Å². The van der Waals surface area contributed by atoms with Crippen molar-refractivity contribution in [2.45, 2.75) is 45.8 Å². The predicted molar refractivity (Wildman–Crippen MR) is 137 cm³/mol. The summed E-state index contributed by atoms with van der Waals surface area (Å²) in [6.45, 7) is 6.81. The highest BCUT2D eigenvalue weighted by atomic mass is 16.5. The Labute approximate surface area is 212 Å². The van der Waals surface area contributed by atoms with E-state index in [-0.39, 0.29) is 42.4 Å². The highest BCUT2D eigenvalue weighted by Gasteiger charge is 2.31. The number of nitrogens with zero attached hydrogens (tertiary/aromatic N) is 3. The maximum absolute atomic E-state index is 13.4. The molecule has 1 aromatic heterocycles. The number of likely N-dealkylation sites (N-methyl/N-ethyl adjacent to an activating group) is 1. The first kappa shape index (κ1) is 27.1. The fraction of sp³-hybridized carbons (Fsp3) is 0.481. The van der Waals surface area contributed by atoms with Gasteiger partial charge in [-0.1, -0.05) is 13.8 Å². The summed E-state index contributed by atoms with van der Waals surface area (Å²) in [5.41, 5.74) is 1.42. The minimum atomic E-state index is -0.296. The molecule has 9 heteroatoms. The van der Waals surface area contributed by atoms with E-state index >= 15 is 0 Å². The summed E-state index contributed by atoms with van der Waals surface area (Å²) < 4.78 is 11.9. The van der Waals surface area contributed by atoms with Crippen LogP contribution >= 0.6 is 0 Å². The molecule has 1 aromatic carbocycles. The standard InChI is InChI=1S/C27H36N4O5/c1-6-7-25(32)29-21-8-9-23-22(14-21)27(34)30(4)16-24(35-5)18(2)15-31(19(3)17-36-23)26(33)20-10-12-28-13-11-20/h8-14,18-19,24H,6-7,15-17H2,1-5H3,(H,29,32)/t18-,19+,24+/m0/s1. The van der Waals surface area contributed by atoms with Crippen LogP contribution in [0.2, 0.25) is 0 Å². The van der Waals surface area contributed by atoms with E-state index in [1.54, 1.807) is 66.7 Å². The average molecular weight is 497 g/mol. The molecule has 1 N–H and O–H groups in total. The maximum Gasteiger partial charge on any atom is 0.257 e. The number of fused-ring (bicyclic) bond motifs is 1. The minimum absolute atomic E-state index is 0.0583. The second-order valence-corrected chi connectivity index (χ2v) is 9.30. The highest BCUT2D eigenvalue weighted by Crippen LogP contribution is 2.27. The van der Waals surface area contributed by atoms with Gasteiger partial charge in [0, 0.05) is 63.2 Å². The molecule has 36 heavy (non-hydrogen) atoms. The Morgan fingerprint density at radius 3 is 2.56 bits per heavy atom. The van der Waals surface area contributed by atoms with Crippen LogP contribution in [0, 0.1) is 5.92 Å². The number of ether oxygens (including phenoxy) is 2. The first-order valence-electron chi connectivity index (χ1n) is 12.3. The number of hydrogen-bond donors (Lipinski definition) is 1. The number of aromatic nitrogens is 1. The molecule has 0 fully saturated rings. The van der Waals surface area contributed by atoms with Crippen molar-refractivity contribution in [2.75, 3.05) is 39.2 Å². The molecule has 0 saturated carbocycles. The van der Waals surface area contributed by atoms with Crippen LogP contribution in [0.1, 0.15) is 54.3 Å². The number of pyridine rings is 1. The lowest BCUT2D eigenvalue weighted by Gasteiger charge is -2.36. The topological polar surface area (TPSA) is 101 Å². The van der Waals surface area contributed by atoms with Gasteiger partial charge in [0.1, 0.15) is 12.4 Å². The Hall–Kier alpha value is -3.46. The minimum Gasteiger partial charge on any atom is -0.491 e. The molecule has 1 aliphatic heterocycles. The number of carbonyl (C=O) groups is 3. The Bertz CT molecular complexity index is 1060. The molecule has 0 aliphatic carbocycles. The molecule has 0 saturated heterocycles. The largest absolute Gasteiger partial charge is 0.491 e. The van der Waals surface area contributed by atoms with Gasteiger partial charge >= 0.3 is 0 Å². The zero-order chi connectivity index (χ0) is 26.2. The van der Waals surface area contributed by atoms with Crippen molar-refractivity contribution in [1.82, 2.24) is 14.8 Å². The number of methoxy groups -OCH3 is 1. The average Bonchev–Trinajstić information content (AvgIpc) is 2.88. The van der Waals surface area contributed by atoms with Crippen LogP contribution in [-0.4, -0.2) is 78.5 Å². The van der Waals surface area contributed by atoms with E-state index < -0.39 is 0 Å². The zero-order valence-electron chi connectivity index (χ0n) is 21.7. The molecule has 0 radical (unpaired) electrons. The molecule has 2 heterocycles. The highest BCUT2D eigenvalue weighted by molar-refractivity contribution is 5.99. The van der Waals surface area contributed by atoms with Gasteiger partial charge in [0.2, 0.25) is 5.91 Å². The van der Waals surface area contributed by atoms with Crippen LogP contribution in [0.15, 0.2) is 42.7 Å². The molecule has 0 bridgehead atoms. The van der Waals surface area contributed by atoms with Gasteiger partial charge in [-0.15, -0.1) is 0 Å². The number of rotatable bonds is 5. The normalized spacial score (nSPS) is 21.0. The first-order chi connectivity index (χ1) is 17.2. The van der Waals surface area contributed by atoms with E-state index in [0.29, 0.717) is 42.1 Å². The third kappa shape index (κ3) is 6.60. The SMILES string of the molecule is CCCC(=O)Nc1ccc2c(c1)C(=O)N(C)C[C@@H](OC)[C@@H](C)CN(C(=O)c1ccncc1)[C@H](C)CO2. The molecule has 2 aromatic rings. The molecular formula is C27H36N4O5. The first-order valence-corrected chi connectivity index (χ1v) is 12.3. The van der Waals surface area contributed by atoms with Crippen molar-refractivity contribution in [1.29, 1.82) is 0 Å². The van der Waals surface area contributed by atoms with Gasteiger partial charge in [-0.2, -0.15) is 0 Å². The molecule has 3 rings (SSSR count). The van der Waals surface area contributed by atoms with Gasteiger partial charge in [0.25, 0.3) is 11.8 Å². The summed E-state index contributed by atoms with van der Waals surface area (Å²) >= 11 is 0. The summed E-state index contributed by atoms with van der Waals surface area (Å²) in [6.07, 6.45) is 4.02. The Balaban J connectivity index is 1.96. The molecule has 3 amide bonds. The van der Waals surface area contributed by atoms with Crippen LogP contribution in [0.25, 0.3) is 0 Å². The van der Waals surface area contributed by atoms with E-state index in [1.807, 2.05) is 20.8 Å². The van der Waals surface area contributed by atoms with Crippen LogP contribution < -0.4 is 10.1 Å². The molecule has 9 nitrogen and oxygen atoms in total. The number of anilines is 1. The Morgan fingerprint density at radius 2 is 1.89 bits per heavy atom. The van der Waals surface area contributed by atoms with Crippen molar-refractivity contribution in [3.8, 4) is 5.75 Å². The van der Waals surface area contributed by atoms with Crippen molar-refractivity contribution in [3.05, 3.63) is 53.9 Å². The lowest BCUT2D eigenvalue weighted by atomic mass is 10.0. The van der Waals surface area contributed by atoms with E-state index in [1.165, 1.54) is 0 Å². The van der Waals surface area contributed by atoms with E-state index in [2.05, 4.69) is 10.3 Å². The van der Waals surface area contributed by atoms with Crippen molar-refractivity contribution in [3.63, 3.8) is 0 Å². The predicted octanol–water partition coefficient (Wildman–Crippen LogP) is 3.47. The van der Waals surface area contributed by atoms with Gasteiger partial charge in [-0.3, -0.25) is 19.4 Å². The lowest BCUT2D eigenvalue weighted by molar-refractivity contribution is -0.116. The summed E-state index contributed by atoms with van der Waals surface area (Å²) in [5, 5.41) is 2.84. The molecular weight excluding hydrogens is 460 g/mol. The fourth-order valence-electron chi connectivity index (χ4n) is 4.25. The summed E-state index contributed by atoms with van der Waals surface area (Å²) in [7, 11) is 3.32. The number of benzene rings is 1. The maximum atomic E-state index is 13.4. The van der Waals surface area contributed by atoms with Gasteiger partial charge < -0.3 is 24.6 Å². The van der Waals surface area contributed by atoms with Gasteiger partial charge in [0.05, 0.1) is 17.7 Å². The third-order valence-electron chi connectivity index (χ3n) is 6.39. The zero-order valence-corrected chi connectivity index (χ0v) is 21.7. The van der Waals surface area contributed by atoms with Gasteiger partial charge in [0.15, 0.2) is 0 Å². The second-order valence-electron chi connectivity index (χ2n) is 9.30. The number of amides is 3. The monoisotopic (exact) mass is 496 g/mol.